The monoisotopic (exact) mass is 236 g/mol. The molecule has 1 rings (SSSR count). The smallest absolute Gasteiger partial charge is 0.292 e. The predicted molar refractivity (Wildman–Crippen MR) is 70.3 cm³/mol. The molecule has 0 spiro atoms. The van der Waals surface area contributed by atoms with Gasteiger partial charge in [0, 0.05) is 12.1 Å². The maximum absolute atomic E-state index is 10.9. The van der Waals surface area contributed by atoms with Gasteiger partial charge < -0.3 is 5.32 Å². The fraction of sp³-hybridized carbons (Fsp3) is 0.538. The highest BCUT2D eigenvalue weighted by Gasteiger charge is 2.18. The number of nitro groups is 1. The highest BCUT2D eigenvalue weighted by molar-refractivity contribution is 5.61. The second-order valence-corrected chi connectivity index (χ2v) is 4.28. The summed E-state index contributed by atoms with van der Waals surface area (Å²) < 4.78 is 0. The fourth-order valence-corrected chi connectivity index (χ4v) is 2.11. The van der Waals surface area contributed by atoms with Gasteiger partial charge in [-0.25, -0.2) is 0 Å². The van der Waals surface area contributed by atoms with Crippen molar-refractivity contribution in [2.75, 3.05) is 5.32 Å². The third-order valence-corrected chi connectivity index (χ3v) is 3.24. The predicted octanol–water partition coefficient (Wildman–Crippen LogP) is 3.83. The van der Waals surface area contributed by atoms with E-state index in [0.29, 0.717) is 11.6 Å². The van der Waals surface area contributed by atoms with Crippen molar-refractivity contribution in [2.45, 2.75) is 39.7 Å². The zero-order valence-electron chi connectivity index (χ0n) is 10.6. The largest absolute Gasteiger partial charge is 0.377 e. The third-order valence-electron chi connectivity index (χ3n) is 3.24. The van der Waals surface area contributed by atoms with Crippen LogP contribution in [0.2, 0.25) is 0 Å². The van der Waals surface area contributed by atoms with Crippen molar-refractivity contribution in [3.8, 4) is 0 Å². The lowest BCUT2D eigenvalue weighted by Gasteiger charge is -2.23. The number of nitrogens with zero attached hydrogens (tertiary/aromatic N) is 1. The van der Waals surface area contributed by atoms with E-state index >= 15 is 0 Å². The van der Waals surface area contributed by atoms with Crippen molar-refractivity contribution in [3.05, 3.63) is 34.4 Å². The Morgan fingerprint density at radius 1 is 1.29 bits per heavy atom. The van der Waals surface area contributed by atoms with Gasteiger partial charge in [-0.3, -0.25) is 10.1 Å². The number of para-hydroxylation sites is 2. The van der Waals surface area contributed by atoms with E-state index in [4.69, 9.17) is 0 Å². The quantitative estimate of drug-likeness (QED) is 0.603. The zero-order chi connectivity index (χ0) is 12.8. The average molecular weight is 236 g/mol. The standard InChI is InChI=1S/C13H20N2O2/c1-4-11(5-2)10(3)14-12-8-6-7-9-13(12)15(16)17/h6-11,14H,4-5H2,1-3H3. The molecule has 0 aliphatic carbocycles. The van der Waals surface area contributed by atoms with Crippen LogP contribution < -0.4 is 5.32 Å². The molecule has 1 atom stereocenters. The Morgan fingerprint density at radius 3 is 2.41 bits per heavy atom. The molecule has 0 radical (unpaired) electrons. The van der Waals surface area contributed by atoms with Crippen LogP contribution in [0.25, 0.3) is 0 Å². The number of benzene rings is 1. The van der Waals surface area contributed by atoms with Crippen LogP contribution in [-0.4, -0.2) is 11.0 Å². The zero-order valence-corrected chi connectivity index (χ0v) is 10.6. The molecule has 0 fully saturated rings. The van der Waals surface area contributed by atoms with Crippen molar-refractivity contribution in [3.63, 3.8) is 0 Å². The Bertz CT molecular complexity index is 375. The molecule has 17 heavy (non-hydrogen) atoms. The summed E-state index contributed by atoms with van der Waals surface area (Å²) in [6.07, 6.45) is 2.15. The molecule has 0 bridgehead atoms. The second-order valence-electron chi connectivity index (χ2n) is 4.28. The number of nitro benzene ring substituents is 1. The van der Waals surface area contributed by atoms with E-state index in [1.54, 1.807) is 12.1 Å². The minimum absolute atomic E-state index is 0.144. The minimum Gasteiger partial charge on any atom is -0.377 e. The molecule has 1 aromatic carbocycles. The maximum atomic E-state index is 10.9. The van der Waals surface area contributed by atoms with Gasteiger partial charge in [-0.1, -0.05) is 38.8 Å². The summed E-state index contributed by atoms with van der Waals surface area (Å²) in [7, 11) is 0. The number of nitrogens with one attached hydrogen (secondary N) is 1. The van der Waals surface area contributed by atoms with Crippen molar-refractivity contribution >= 4 is 11.4 Å². The van der Waals surface area contributed by atoms with Gasteiger partial charge >= 0.3 is 0 Å². The summed E-state index contributed by atoms with van der Waals surface area (Å²) in [5.74, 6) is 0.537. The van der Waals surface area contributed by atoms with Crippen molar-refractivity contribution in [1.29, 1.82) is 0 Å². The van der Waals surface area contributed by atoms with Crippen LogP contribution in [0.5, 0.6) is 0 Å². The molecule has 1 aromatic rings. The van der Waals surface area contributed by atoms with E-state index in [1.807, 2.05) is 6.07 Å². The molecular formula is C13H20N2O2. The highest BCUT2D eigenvalue weighted by Crippen LogP contribution is 2.26. The topological polar surface area (TPSA) is 55.2 Å². The molecule has 0 saturated carbocycles. The molecule has 1 N–H and O–H groups in total. The minimum atomic E-state index is -0.345. The SMILES string of the molecule is CCC(CC)C(C)Nc1ccccc1[N+](=O)[O-]. The maximum Gasteiger partial charge on any atom is 0.292 e. The van der Waals surface area contributed by atoms with Gasteiger partial charge in [-0.05, 0) is 18.9 Å². The molecule has 4 heteroatoms. The molecule has 4 nitrogen and oxygen atoms in total. The Kier molecular flexibility index (Phi) is 4.94. The van der Waals surface area contributed by atoms with Gasteiger partial charge in [0.15, 0.2) is 0 Å². The Balaban J connectivity index is 2.84. The normalized spacial score (nSPS) is 12.5. The molecule has 0 aliphatic rings. The first kappa shape index (κ1) is 13.5. The van der Waals surface area contributed by atoms with Crippen LogP contribution in [0, 0.1) is 16.0 Å². The molecule has 0 aromatic heterocycles. The van der Waals surface area contributed by atoms with Crippen LogP contribution in [0.4, 0.5) is 11.4 Å². The van der Waals surface area contributed by atoms with Gasteiger partial charge in [0.2, 0.25) is 0 Å². The number of hydrogen-bond donors (Lipinski definition) is 1. The van der Waals surface area contributed by atoms with Gasteiger partial charge in [0.05, 0.1) is 4.92 Å². The lowest BCUT2D eigenvalue weighted by atomic mass is 9.95. The van der Waals surface area contributed by atoms with E-state index in [0.717, 1.165) is 12.8 Å². The number of hydrogen-bond acceptors (Lipinski definition) is 3. The first-order chi connectivity index (χ1) is 8.10. The van der Waals surface area contributed by atoms with Crippen molar-refractivity contribution < 1.29 is 4.92 Å². The highest BCUT2D eigenvalue weighted by atomic mass is 16.6. The molecule has 0 heterocycles. The van der Waals surface area contributed by atoms with Crippen molar-refractivity contribution in [2.24, 2.45) is 5.92 Å². The Labute approximate surface area is 102 Å². The van der Waals surface area contributed by atoms with Crippen LogP contribution in [0.15, 0.2) is 24.3 Å². The van der Waals surface area contributed by atoms with Crippen molar-refractivity contribution in [1.82, 2.24) is 0 Å². The van der Waals surface area contributed by atoms with E-state index in [1.165, 1.54) is 6.07 Å². The Hall–Kier alpha value is -1.58. The van der Waals surface area contributed by atoms with E-state index < -0.39 is 0 Å². The van der Waals surface area contributed by atoms with E-state index in [2.05, 4.69) is 26.1 Å². The first-order valence-electron chi connectivity index (χ1n) is 6.10. The van der Waals surface area contributed by atoms with Gasteiger partial charge in [-0.15, -0.1) is 0 Å². The third kappa shape index (κ3) is 3.44. The van der Waals surface area contributed by atoms with Gasteiger partial charge in [-0.2, -0.15) is 0 Å². The number of anilines is 1. The summed E-state index contributed by atoms with van der Waals surface area (Å²) in [5, 5.41) is 14.1. The first-order valence-corrected chi connectivity index (χ1v) is 6.10. The summed E-state index contributed by atoms with van der Waals surface area (Å²) >= 11 is 0. The van der Waals surface area contributed by atoms with Crippen LogP contribution in [-0.2, 0) is 0 Å². The molecule has 0 amide bonds. The number of rotatable bonds is 6. The van der Waals surface area contributed by atoms with E-state index in [9.17, 15) is 10.1 Å². The summed E-state index contributed by atoms with van der Waals surface area (Å²) in [4.78, 5) is 10.5. The van der Waals surface area contributed by atoms with Gasteiger partial charge in [0.1, 0.15) is 5.69 Å². The molecule has 0 aliphatic heterocycles. The van der Waals surface area contributed by atoms with Gasteiger partial charge in [0.25, 0.3) is 5.69 Å². The van der Waals surface area contributed by atoms with E-state index in [-0.39, 0.29) is 16.7 Å². The second kappa shape index (κ2) is 6.23. The summed E-state index contributed by atoms with van der Waals surface area (Å²) in [5.41, 5.74) is 0.752. The lowest BCUT2D eigenvalue weighted by Crippen LogP contribution is -2.25. The molecule has 94 valence electrons. The van der Waals surface area contributed by atoms with Crippen LogP contribution in [0.1, 0.15) is 33.6 Å². The molecular weight excluding hydrogens is 216 g/mol. The summed E-state index contributed by atoms with van der Waals surface area (Å²) in [6.45, 7) is 6.37. The Morgan fingerprint density at radius 2 is 1.88 bits per heavy atom. The van der Waals surface area contributed by atoms with Crippen LogP contribution >= 0.6 is 0 Å². The summed E-state index contributed by atoms with van der Waals surface area (Å²) in [6, 6.07) is 7.03. The lowest BCUT2D eigenvalue weighted by molar-refractivity contribution is -0.384. The average Bonchev–Trinajstić information content (AvgIpc) is 2.31. The fourth-order valence-electron chi connectivity index (χ4n) is 2.11. The molecule has 1 unspecified atom stereocenters. The molecule has 0 saturated heterocycles. The van der Waals surface area contributed by atoms with Crippen LogP contribution in [0.3, 0.4) is 0 Å².